The van der Waals surface area contributed by atoms with Crippen molar-refractivity contribution in [2.24, 2.45) is 0 Å². The predicted molar refractivity (Wildman–Crippen MR) is 84.1 cm³/mol. The molecule has 7 heteroatoms. The molecule has 1 aromatic heterocycles. The van der Waals surface area contributed by atoms with Crippen LogP contribution in [0.2, 0.25) is 0 Å². The van der Waals surface area contributed by atoms with Gasteiger partial charge in [-0.3, -0.25) is 4.79 Å². The van der Waals surface area contributed by atoms with Crippen LogP contribution in [-0.4, -0.2) is 31.8 Å². The molecular formula is C16H19NO5S. The number of benzene rings is 1. The predicted octanol–water partition coefficient (Wildman–Crippen LogP) is 2.34. The van der Waals surface area contributed by atoms with Gasteiger partial charge in [-0.2, -0.15) is 4.31 Å². The van der Waals surface area contributed by atoms with Crippen LogP contribution in [0.25, 0.3) is 0 Å². The molecule has 2 rings (SSSR count). The summed E-state index contributed by atoms with van der Waals surface area (Å²) < 4.78 is 36.7. The number of hydrogen-bond acceptors (Lipinski definition) is 5. The van der Waals surface area contributed by atoms with Crippen LogP contribution in [0.15, 0.2) is 52.0 Å². The van der Waals surface area contributed by atoms with Gasteiger partial charge in [0.1, 0.15) is 12.3 Å². The average Bonchev–Trinajstić information content (AvgIpc) is 3.00. The van der Waals surface area contributed by atoms with Gasteiger partial charge in [-0.1, -0.05) is 17.7 Å². The number of hydrogen-bond donors (Lipinski definition) is 0. The SMILES string of the molecule is CCOC(=O)CN(Cc1ccco1)S(=O)(=O)c1ccc(C)cc1. The number of carbonyl (C=O) groups is 1. The number of furan rings is 1. The molecule has 0 atom stereocenters. The van der Waals surface area contributed by atoms with Crippen molar-refractivity contribution in [3.63, 3.8) is 0 Å². The number of aryl methyl sites for hydroxylation is 1. The fourth-order valence-corrected chi connectivity index (χ4v) is 3.36. The van der Waals surface area contributed by atoms with Gasteiger partial charge in [0.2, 0.25) is 10.0 Å². The minimum absolute atomic E-state index is 0.0397. The van der Waals surface area contributed by atoms with E-state index in [4.69, 9.17) is 9.15 Å². The number of esters is 1. The Morgan fingerprint density at radius 1 is 1.22 bits per heavy atom. The Morgan fingerprint density at radius 2 is 1.91 bits per heavy atom. The molecule has 6 nitrogen and oxygen atoms in total. The molecule has 2 aromatic rings. The van der Waals surface area contributed by atoms with E-state index in [9.17, 15) is 13.2 Å². The Kier molecular flexibility index (Phi) is 5.57. The third-order valence-electron chi connectivity index (χ3n) is 3.18. The van der Waals surface area contributed by atoms with Gasteiger partial charge in [-0.05, 0) is 38.1 Å². The lowest BCUT2D eigenvalue weighted by Crippen LogP contribution is -2.36. The molecule has 0 saturated carbocycles. The highest BCUT2D eigenvalue weighted by atomic mass is 32.2. The van der Waals surface area contributed by atoms with Crippen LogP contribution in [0.4, 0.5) is 0 Å². The van der Waals surface area contributed by atoms with E-state index >= 15 is 0 Å². The van der Waals surface area contributed by atoms with E-state index in [0.29, 0.717) is 5.76 Å². The van der Waals surface area contributed by atoms with Crippen LogP contribution < -0.4 is 0 Å². The van der Waals surface area contributed by atoms with Crippen LogP contribution in [0.5, 0.6) is 0 Å². The number of carbonyl (C=O) groups excluding carboxylic acids is 1. The van der Waals surface area contributed by atoms with E-state index < -0.39 is 16.0 Å². The van der Waals surface area contributed by atoms with Gasteiger partial charge in [0.05, 0.1) is 24.3 Å². The van der Waals surface area contributed by atoms with Crippen molar-refractivity contribution in [2.75, 3.05) is 13.2 Å². The van der Waals surface area contributed by atoms with Crippen LogP contribution in [0, 0.1) is 6.92 Å². The number of rotatable bonds is 7. The Balaban J connectivity index is 2.30. The molecular weight excluding hydrogens is 318 g/mol. The molecule has 23 heavy (non-hydrogen) atoms. The summed E-state index contributed by atoms with van der Waals surface area (Å²) in [6.07, 6.45) is 1.45. The van der Waals surface area contributed by atoms with E-state index in [-0.39, 0.29) is 24.6 Å². The third kappa shape index (κ3) is 4.43. The van der Waals surface area contributed by atoms with Gasteiger partial charge in [-0.15, -0.1) is 0 Å². The Bertz CT molecular complexity index is 735. The molecule has 0 radical (unpaired) electrons. The van der Waals surface area contributed by atoms with Crippen molar-refractivity contribution in [3.05, 3.63) is 54.0 Å². The summed E-state index contributed by atoms with van der Waals surface area (Å²) in [6.45, 7) is 3.32. The zero-order valence-corrected chi connectivity index (χ0v) is 13.9. The second-order valence-corrected chi connectivity index (χ2v) is 6.91. The standard InChI is InChI=1S/C16H19NO5S/c1-3-21-16(18)12-17(11-14-5-4-10-22-14)23(19,20)15-8-6-13(2)7-9-15/h4-10H,3,11-12H2,1-2H3. The summed E-state index contributed by atoms with van der Waals surface area (Å²) in [5.74, 6) is -0.153. The normalized spacial score (nSPS) is 11.6. The molecule has 124 valence electrons. The molecule has 1 heterocycles. The first kappa shape index (κ1) is 17.2. The van der Waals surface area contributed by atoms with Gasteiger partial charge < -0.3 is 9.15 Å². The summed E-state index contributed by atoms with van der Waals surface area (Å²) in [5.41, 5.74) is 0.951. The maximum Gasteiger partial charge on any atom is 0.321 e. The fourth-order valence-electron chi connectivity index (χ4n) is 2.01. The van der Waals surface area contributed by atoms with E-state index in [1.54, 1.807) is 31.2 Å². The molecule has 0 aliphatic heterocycles. The lowest BCUT2D eigenvalue weighted by atomic mass is 10.2. The molecule has 0 fully saturated rings. The van der Waals surface area contributed by atoms with E-state index in [1.165, 1.54) is 18.4 Å². The van der Waals surface area contributed by atoms with E-state index in [2.05, 4.69) is 0 Å². The van der Waals surface area contributed by atoms with Crippen molar-refractivity contribution in [1.29, 1.82) is 0 Å². The van der Waals surface area contributed by atoms with Gasteiger partial charge in [0, 0.05) is 0 Å². The van der Waals surface area contributed by atoms with Crippen LogP contribution in [0.3, 0.4) is 0 Å². The summed E-state index contributed by atoms with van der Waals surface area (Å²) >= 11 is 0. The average molecular weight is 337 g/mol. The second-order valence-electron chi connectivity index (χ2n) is 4.97. The summed E-state index contributed by atoms with van der Waals surface area (Å²) in [5, 5.41) is 0. The molecule has 0 aliphatic rings. The first-order valence-electron chi connectivity index (χ1n) is 7.18. The topological polar surface area (TPSA) is 76.8 Å². The number of sulfonamides is 1. The van der Waals surface area contributed by atoms with Gasteiger partial charge >= 0.3 is 5.97 Å². The molecule has 0 aliphatic carbocycles. The molecule has 0 amide bonds. The monoisotopic (exact) mass is 337 g/mol. The zero-order chi connectivity index (χ0) is 16.9. The maximum absolute atomic E-state index is 12.8. The first-order valence-corrected chi connectivity index (χ1v) is 8.62. The van der Waals surface area contributed by atoms with Crippen molar-refractivity contribution in [2.45, 2.75) is 25.3 Å². The van der Waals surface area contributed by atoms with Gasteiger partial charge in [-0.25, -0.2) is 8.42 Å². The van der Waals surface area contributed by atoms with Crippen molar-refractivity contribution >= 4 is 16.0 Å². The van der Waals surface area contributed by atoms with Crippen LogP contribution >= 0.6 is 0 Å². The number of ether oxygens (including phenoxy) is 1. The second kappa shape index (κ2) is 7.43. The smallest absolute Gasteiger partial charge is 0.321 e. The Hall–Kier alpha value is -2.12. The lowest BCUT2D eigenvalue weighted by molar-refractivity contribution is -0.143. The molecule has 0 spiro atoms. The molecule has 0 bridgehead atoms. The van der Waals surface area contributed by atoms with Crippen LogP contribution in [-0.2, 0) is 26.1 Å². The number of nitrogens with zero attached hydrogens (tertiary/aromatic N) is 1. The van der Waals surface area contributed by atoms with Crippen LogP contribution in [0.1, 0.15) is 18.2 Å². The summed E-state index contributed by atoms with van der Waals surface area (Å²) in [6, 6.07) is 9.78. The minimum atomic E-state index is -3.83. The minimum Gasteiger partial charge on any atom is -0.468 e. The van der Waals surface area contributed by atoms with Gasteiger partial charge in [0.25, 0.3) is 0 Å². The molecule has 0 N–H and O–H groups in total. The molecule has 0 saturated heterocycles. The highest BCUT2D eigenvalue weighted by molar-refractivity contribution is 7.89. The van der Waals surface area contributed by atoms with Crippen molar-refractivity contribution < 1.29 is 22.4 Å². The van der Waals surface area contributed by atoms with E-state index in [1.807, 2.05) is 6.92 Å². The zero-order valence-electron chi connectivity index (χ0n) is 13.1. The van der Waals surface area contributed by atoms with E-state index in [0.717, 1.165) is 9.87 Å². The van der Waals surface area contributed by atoms with Crippen molar-refractivity contribution in [3.8, 4) is 0 Å². The Labute approximate surface area is 135 Å². The molecule has 1 aromatic carbocycles. The maximum atomic E-state index is 12.8. The van der Waals surface area contributed by atoms with Crippen molar-refractivity contribution in [1.82, 2.24) is 4.31 Å². The molecule has 0 unspecified atom stereocenters. The third-order valence-corrected chi connectivity index (χ3v) is 4.99. The summed E-state index contributed by atoms with van der Waals surface area (Å²) in [4.78, 5) is 11.9. The summed E-state index contributed by atoms with van der Waals surface area (Å²) in [7, 11) is -3.83. The lowest BCUT2D eigenvalue weighted by Gasteiger charge is -2.20. The largest absolute Gasteiger partial charge is 0.468 e. The Morgan fingerprint density at radius 3 is 2.48 bits per heavy atom. The van der Waals surface area contributed by atoms with Gasteiger partial charge in [0.15, 0.2) is 0 Å². The highest BCUT2D eigenvalue weighted by Gasteiger charge is 2.28. The highest BCUT2D eigenvalue weighted by Crippen LogP contribution is 2.19. The quantitative estimate of drug-likeness (QED) is 0.725. The fraction of sp³-hybridized carbons (Fsp3) is 0.312. The first-order chi connectivity index (χ1) is 10.9.